The first-order chi connectivity index (χ1) is 22.9. The highest BCUT2D eigenvalue weighted by atomic mass is 79.9. The van der Waals surface area contributed by atoms with Crippen LogP contribution in [0.15, 0.2) is 18.2 Å². The zero-order chi connectivity index (χ0) is 34.9. The zero-order valence-corrected chi connectivity index (χ0v) is 31.9. The number of carbonyl (C=O) groups excluding carboxylic acids is 4. The number of alkyl halides is 1. The second kappa shape index (κ2) is 17.6. The van der Waals surface area contributed by atoms with Crippen molar-refractivity contribution in [2.45, 2.75) is 136 Å². The Morgan fingerprint density at radius 3 is 1.71 bits per heavy atom. The Morgan fingerprint density at radius 1 is 0.708 bits per heavy atom. The van der Waals surface area contributed by atoms with Crippen LogP contribution in [0.1, 0.15) is 135 Å². The number of ether oxygens (including phenoxy) is 1. The third-order valence-electron chi connectivity index (χ3n) is 10.7. The van der Waals surface area contributed by atoms with Gasteiger partial charge in [-0.2, -0.15) is 0 Å². The molecule has 4 amide bonds. The molecule has 1 aromatic carbocycles. The molecular weight excluding hydrogens is 670 g/mol. The van der Waals surface area contributed by atoms with E-state index in [1.807, 2.05) is 27.7 Å². The number of imide groups is 2. The van der Waals surface area contributed by atoms with Gasteiger partial charge in [0.15, 0.2) is 0 Å². The Labute approximate surface area is 297 Å². The molecule has 9 heteroatoms. The molecule has 0 saturated carbocycles. The first-order valence-electron chi connectivity index (χ1n) is 18.5. The molecule has 3 heterocycles. The highest BCUT2D eigenvalue weighted by molar-refractivity contribution is 9.09. The van der Waals surface area contributed by atoms with Gasteiger partial charge in [0.25, 0.3) is 0 Å². The van der Waals surface area contributed by atoms with Crippen molar-refractivity contribution in [1.29, 1.82) is 0 Å². The minimum atomic E-state index is -0.178. The molecule has 5 rings (SSSR count). The molecule has 0 aromatic heterocycles. The van der Waals surface area contributed by atoms with Crippen LogP contribution in [0.3, 0.4) is 0 Å². The lowest BCUT2D eigenvalue weighted by atomic mass is 9.79. The van der Waals surface area contributed by atoms with Gasteiger partial charge in [-0.05, 0) is 86.1 Å². The summed E-state index contributed by atoms with van der Waals surface area (Å²) in [5.41, 5.74) is 2.61. The maximum absolute atomic E-state index is 12.3. The third kappa shape index (κ3) is 10.4. The highest BCUT2D eigenvalue weighted by Gasteiger charge is 2.40. The second-order valence-corrected chi connectivity index (χ2v) is 16.8. The minimum absolute atomic E-state index is 0.00624. The van der Waals surface area contributed by atoms with E-state index in [4.69, 9.17) is 4.74 Å². The zero-order valence-electron chi connectivity index (χ0n) is 30.3. The molecular formula is C39H60BrN3O5. The Morgan fingerprint density at radius 2 is 1.21 bits per heavy atom. The van der Waals surface area contributed by atoms with Crippen molar-refractivity contribution in [1.82, 2.24) is 14.7 Å². The van der Waals surface area contributed by atoms with E-state index in [1.54, 1.807) is 7.11 Å². The molecule has 8 nitrogen and oxygen atoms in total. The summed E-state index contributed by atoms with van der Waals surface area (Å²) in [6.45, 7) is 11.5. The van der Waals surface area contributed by atoms with E-state index in [-0.39, 0.29) is 34.5 Å². The minimum Gasteiger partial charge on any atom is -0.496 e. The van der Waals surface area contributed by atoms with Crippen LogP contribution < -0.4 is 4.74 Å². The number of methoxy groups -OCH3 is 1. The molecule has 0 bridgehead atoms. The molecule has 3 fully saturated rings. The first-order valence-corrected chi connectivity index (χ1v) is 19.6. The monoisotopic (exact) mass is 729 g/mol. The van der Waals surface area contributed by atoms with Crippen molar-refractivity contribution >= 4 is 39.6 Å². The summed E-state index contributed by atoms with van der Waals surface area (Å²) in [7, 11) is 1.78. The fourth-order valence-corrected chi connectivity index (χ4v) is 8.60. The Hall–Kier alpha value is -2.26. The molecule has 4 aliphatic rings. The van der Waals surface area contributed by atoms with E-state index in [1.165, 1.54) is 53.2 Å². The molecule has 1 aliphatic carbocycles. The molecule has 3 saturated heterocycles. The quantitative estimate of drug-likeness (QED) is 0.111. The number of nitrogens with zero attached hydrogens (tertiary/aromatic N) is 3. The summed E-state index contributed by atoms with van der Waals surface area (Å²) < 4.78 is 5.60. The predicted octanol–water partition coefficient (Wildman–Crippen LogP) is 7.65. The molecule has 0 radical (unpaired) electrons. The number of rotatable bonds is 14. The number of carbonyl (C=O) groups is 4. The second-order valence-electron chi connectivity index (χ2n) is 16.0. The predicted molar refractivity (Wildman–Crippen MR) is 194 cm³/mol. The van der Waals surface area contributed by atoms with E-state index in [9.17, 15) is 19.2 Å². The fraction of sp³-hybridized carbons (Fsp3) is 0.744. The van der Waals surface area contributed by atoms with Crippen molar-refractivity contribution in [2.75, 3.05) is 38.6 Å². The molecule has 0 N–H and O–H groups in total. The molecule has 0 spiro atoms. The first kappa shape index (κ1) is 38.5. The van der Waals surface area contributed by atoms with Crippen LogP contribution in [-0.4, -0.2) is 83.0 Å². The summed E-state index contributed by atoms with van der Waals surface area (Å²) in [4.78, 5) is 53.9. The Balaban J connectivity index is 0.000000260. The SMILES string of the molecule is CC1(C)CC(=O)N(CCCCCCBr)C(=O)C1.COc1cccc2c1CC[C@H]1[C@@H]2CCN1CCCCCCN1C(=O)CC(C)(C)CC1=O. The summed E-state index contributed by atoms with van der Waals surface area (Å²) in [5.74, 6) is 1.75. The van der Waals surface area contributed by atoms with E-state index in [0.717, 1.165) is 62.6 Å². The number of likely N-dealkylation sites (tertiary alicyclic amines) is 3. The lowest BCUT2D eigenvalue weighted by Crippen LogP contribution is -2.46. The number of piperidine rings is 2. The van der Waals surface area contributed by atoms with Crippen LogP contribution in [0.5, 0.6) is 5.75 Å². The Kier molecular flexibility index (Phi) is 14.1. The van der Waals surface area contributed by atoms with Gasteiger partial charge in [-0.15, -0.1) is 0 Å². The lowest BCUT2D eigenvalue weighted by molar-refractivity contribution is -0.154. The molecule has 48 heavy (non-hydrogen) atoms. The van der Waals surface area contributed by atoms with Gasteiger partial charge in [0, 0.05) is 56.1 Å². The van der Waals surface area contributed by atoms with Crippen LogP contribution in [0, 0.1) is 10.8 Å². The van der Waals surface area contributed by atoms with Gasteiger partial charge in [0.05, 0.1) is 7.11 Å². The van der Waals surface area contributed by atoms with Gasteiger partial charge in [0.2, 0.25) is 23.6 Å². The fourth-order valence-electron chi connectivity index (χ4n) is 8.20. The third-order valence-corrected chi connectivity index (χ3v) is 11.3. The summed E-state index contributed by atoms with van der Waals surface area (Å²) >= 11 is 3.39. The number of halogens is 1. The van der Waals surface area contributed by atoms with Crippen LogP contribution in [-0.2, 0) is 25.6 Å². The van der Waals surface area contributed by atoms with Gasteiger partial charge in [-0.1, -0.05) is 81.4 Å². The maximum atomic E-state index is 12.3. The van der Waals surface area contributed by atoms with Crippen LogP contribution in [0.2, 0.25) is 0 Å². The lowest BCUT2D eigenvalue weighted by Gasteiger charge is -2.34. The van der Waals surface area contributed by atoms with Gasteiger partial charge in [0.1, 0.15) is 5.75 Å². The Bertz CT molecular complexity index is 1240. The smallest absolute Gasteiger partial charge is 0.229 e. The van der Waals surface area contributed by atoms with Gasteiger partial charge in [-0.25, -0.2) is 0 Å². The summed E-state index contributed by atoms with van der Waals surface area (Å²) in [5, 5.41) is 1.03. The van der Waals surface area contributed by atoms with Crippen molar-refractivity contribution in [3.05, 3.63) is 29.3 Å². The normalized spacial score (nSPS) is 23.5. The number of benzene rings is 1. The number of hydrogen-bond acceptors (Lipinski definition) is 6. The van der Waals surface area contributed by atoms with E-state index in [0.29, 0.717) is 50.7 Å². The standard InChI is InChI=1S/C26H38N2O3.C13H22BrNO2/c1-26(2)17-24(29)28(25(30)18-26)15-7-5-4-6-14-27-16-13-20-19-9-8-10-23(31-3)21(19)11-12-22(20)27;1-13(2)9-11(16)15(12(17)10-13)8-6-4-3-5-7-14/h8-10,20,22H,4-7,11-18H2,1-3H3;3-10H2,1-2H3/t20-,22+;/m1./s1. The largest absolute Gasteiger partial charge is 0.496 e. The van der Waals surface area contributed by atoms with Gasteiger partial charge >= 0.3 is 0 Å². The number of amides is 4. The van der Waals surface area contributed by atoms with Crippen LogP contribution in [0.4, 0.5) is 0 Å². The van der Waals surface area contributed by atoms with E-state index in [2.05, 4.69) is 39.0 Å². The molecule has 1 aromatic rings. The summed E-state index contributed by atoms with van der Waals surface area (Å²) in [6.07, 6.45) is 14.3. The molecule has 268 valence electrons. The van der Waals surface area contributed by atoms with Gasteiger partial charge in [-0.3, -0.25) is 33.9 Å². The van der Waals surface area contributed by atoms with Crippen molar-refractivity contribution in [2.24, 2.45) is 10.8 Å². The highest BCUT2D eigenvalue weighted by Crippen LogP contribution is 2.44. The van der Waals surface area contributed by atoms with E-state index < -0.39 is 0 Å². The number of fused-ring (bicyclic) bond motifs is 3. The van der Waals surface area contributed by atoms with Crippen molar-refractivity contribution in [3.63, 3.8) is 0 Å². The topological polar surface area (TPSA) is 87.2 Å². The van der Waals surface area contributed by atoms with E-state index >= 15 is 0 Å². The summed E-state index contributed by atoms with van der Waals surface area (Å²) in [6, 6.07) is 7.22. The van der Waals surface area contributed by atoms with Crippen molar-refractivity contribution in [3.8, 4) is 5.75 Å². The average Bonchev–Trinajstić information content (AvgIpc) is 3.43. The number of unbranched alkanes of at least 4 members (excludes halogenated alkanes) is 6. The van der Waals surface area contributed by atoms with Crippen LogP contribution in [0.25, 0.3) is 0 Å². The van der Waals surface area contributed by atoms with Crippen molar-refractivity contribution < 1.29 is 23.9 Å². The molecule has 0 unspecified atom stereocenters. The van der Waals surface area contributed by atoms with Gasteiger partial charge < -0.3 is 4.74 Å². The number of hydrogen-bond donors (Lipinski definition) is 0. The maximum Gasteiger partial charge on any atom is 0.229 e. The molecule has 2 atom stereocenters. The molecule has 3 aliphatic heterocycles. The average molecular weight is 731 g/mol. The van der Waals surface area contributed by atoms with Crippen LogP contribution >= 0.6 is 15.9 Å².